The van der Waals surface area contributed by atoms with Crippen molar-refractivity contribution in [3.63, 3.8) is 0 Å². The third-order valence-corrected chi connectivity index (χ3v) is 3.98. The molecule has 0 aliphatic heterocycles. The fourth-order valence-corrected chi connectivity index (χ4v) is 2.44. The van der Waals surface area contributed by atoms with E-state index in [-0.39, 0.29) is 11.8 Å². The number of amides is 2. The molecule has 26 heavy (non-hydrogen) atoms. The summed E-state index contributed by atoms with van der Waals surface area (Å²) in [5, 5.41) is 2.83. The van der Waals surface area contributed by atoms with Gasteiger partial charge in [-0.25, -0.2) is 0 Å². The Hall–Kier alpha value is -2.82. The predicted molar refractivity (Wildman–Crippen MR) is 102 cm³/mol. The number of hydrogen-bond acceptors (Lipinski definition) is 3. The summed E-state index contributed by atoms with van der Waals surface area (Å²) >= 11 is 0. The number of nitrogens with one attached hydrogen (secondary N) is 1. The van der Waals surface area contributed by atoms with Gasteiger partial charge in [-0.05, 0) is 36.2 Å². The molecular weight excluding hydrogens is 328 g/mol. The lowest BCUT2D eigenvalue weighted by Crippen LogP contribution is -2.39. The summed E-state index contributed by atoms with van der Waals surface area (Å²) in [5.74, 6) is 0.261. The van der Waals surface area contributed by atoms with E-state index in [0.29, 0.717) is 12.2 Å². The molecule has 0 unspecified atom stereocenters. The van der Waals surface area contributed by atoms with Crippen LogP contribution in [0.1, 0.15) is 41.7 Å². The summed E-state index contributed by atoms with van der Waals surface area (Å²) in [6.07, 6.45) is 2.06. The number of ether oxygens (including phenoxy) is 1. The normalized spacial score (nSPS) is 11.5. The fourth-order valence-electron chi connectivity index (χ4n) is 2.44. The molecule has 2 amide bonds. The van der Waals surface area contributed by atoms with Crippen LogP contribution in [0, 0.1) is 0 Å². The molecule has 1 N–H and O–H groups in total. The SMILES string of the molecule is CCCCOc1ccc(C(=O)N[C@H](C(=O)N(C)C)c2ccccc2)cc1. The molecule has 2 aromatic rings. The number of carbonyl (C=O) groups is 2. The van der Waals surface area contributed by atoms with Crippen molar-refractivity contribution in [2.75, 3.05) is 20.7 Å². The second-order valence-corrected chi connectivity index (χ2v) is 6.28. The lowest BCUT2D eigenvalue weighted by atomic mass is 10.0. The molecule has 5 heteroatoms. The molecule has 1 atom stereocenters. The number of rotatable bonds is 8. The second-order valence-electron chi connectivity index (χ2n) is 6.28. The monoisotopic (exact) mass is 354 g/mol. The Bertz CT molecular complexity index is 712. The topological polar surface area (TPSA) is 58.6 Å². The Morgan fingerprint density at radius 1 is 1.04 bits per heavy atom. The molecule has 0 saturated heterocycles. The molecule has 5 nitrogen and oxygen atoms in total. The zero-order valence-electron chi connectivity index (χ0n) is 15.6. The third kappa shape index (κ3) is 5.34. The molecule has 0 bridgehead atoms. The van der Waals surface area contributed by atoms with Crippen LogP contribution in [-0.2, 0) is 4.79 Å². The zero-order valence-corrected chi connectivity index (χ0v) is 15.6. The maximum Gasteiger partial charge on any atom is 0.252 e. The van der Waals surface area contributed by atoms with E-state index in [1.54, 1.807) is 38.4 Å². The first-order valence-corrected chi connectivity index (χ1v) is 8.82. The van der Waals surface area contributed by atoms with Crippen molar-refractivity contribution in [3.05, 3.63) is 65.7 Å². The fraction of sp³-hybridized carbons (Fsp3) is 0.333. The number of benzene rings is 2. The number of unbranched alkanes of at least 4 members (excludes halogenated alkanes) is 1. The van der Waals surface area contributed by atoms with E-state index in [2.05, 4.69) is 12.2 Å². The van der Waals surface area contributed by atoms with Gasteiger partial charge in [0.05, 0.1) is 6.61 Å². The van der Waals surface area contributed by atoms with Gasteiger partial charge in [0.25, 0.3) is 5.91 Å². The minimum Gasteiger partial charge on any atom is -0.494 e. The number of hydrogen-bond donors (Lipinski definition) is 1. The third-order valence-electron chi connectivity index (χ3n) is 3.98. The molecule has 0 fully saturated rings. The van der Waals surface area contributed by atoms with E-state index >= 15 is 0 Å². The predicted octanol–water partition coefficient (Wildman–Crippen LogP) is 3.42. The molecule has 0 heterocycles. The Morgan fingerprint density at radius 2 is 1.69 bits per heavy atom. The van der Waals surface area contributed by atoms with Crippen molar-refractivity contribution in [1.29, 1.82) is 0 Å². The molecule has 0 aromatic heterocycles. The van der Waals surface area contributed by atoms with Crippen LogP contribution in [0.3, 0.4) is 0 Å². The van der Waals surface area contributed by atoms with Gasteiger partial charge in [-0.1, -0.05) is 43.7 Å². The Morgan fingerprint density at radius 3 is 2.27 bits per heavy atom. The van der Waals surface area contributed by atoms with E-state index < -0.39 is 6.04 Å². The smallest absolute Gasteiger partial charge is 0.252 e. The lowest BCUT2D eigenvalue weighted by molar-refractivity contribution is -0.130. The summed E-state index contributed by atoms with van der Waals surface area (Å²) in [5.41, 5.74) is 1.24. The van der Waals surface area contributed by atoms with Crippen LogP contribution < -0.4 is 10.1 Å². The largest absolute Gasteiger partial charge is 0.494 e. The Labute approximate surface area is 155 Å². The summed E-state index contributed by atoms with van der Waals surface area (Å²) in [6, 6.07) is 15.5. The highest BCUT2D eigenvalue weighted by atomic mass is 16.5. The van der Waals surface area contributed by atoms with Crippen LogP contribution in [0.15, 0.2) is 54.6 Å². The second kappa shape index (κ2) is 9.61. The number of nitrogens with zero attached hydrogens (tertiary/aromatic N) is 1. The van der Waals surface area contributed by atoms with Gasteiger partial charge >= 0.3 is 0 Å². The average molecular weight is 354 g/mol. The van der Waals surface area contributed by atoms with Crippen LogP contribution in [0.25, 0.3) is 0 Å². The Kier molecular flexibility index (Phi) is 7.21. The van der Waals surface area contributed by atoms with Crippen molar-refractivity contribution in [2.45, 2.75) is 25.8 Å². The number of carbonyl (C=O) groups excluding carboxylic acids is 2. The first-order valence-electron chi connectivity index (χ1n) is 8.82. The summed E-state index contributed by atoms with van der Waals surface area (Å²) in [7, 11) is 3.35. The number of likely N-dealkylation sites (N-methyl/N-ethyl adjacent to an activating group) is 1. The van der Waals surface area contributed by atoms with Crippen molar-refractivity contribution < 1.29 is 14.3 Å². The highest BCUT2D eigenvalue weighted by molar-refractivity contribution is 5.97. The lowest BCUT2D eigenvalue weighted by Gasteiger charge is -2.22. The van der Waals surface area contributed by atoms with Gasteiger partial charge in [0.2, 0.25) is 5.91 Å². The standard InChI is InChI=1S/C21H26N2O3/c1-4-5-15-26-18-13-11-17(12-14-18)20(24)22-19(21(25)23(2)3)16-9-7-6-8-10-16/h6-14,19H,4-5,15H2,1-3H3,(H,22,24)/t19-/m0/s1. The van der Waals surface area contributed by atoms with Crippen LogP contribution >= 0.6 is 0 Å². The molecular formula is C21H26N2O3. The van der Waals surface area contributed by atoms with Crippen molar-refractivity contribution in [2.24, 2.45) is 0 Å². The maximum atomic E-state index is 12.6. The summed E-state index contributed by atoms with van der Waals surface area (Å²) < 4.78 is 5.61. The molecule has 0 saturated carbocycles. The van der Waals surface area contributed by atoms with Gasteiger partial charge < -0.3 is 15.0 Å². The average Bonchev–Trinajstić information content (AvgIpc) is 2.66. The van der Waals surface area contributed by atoms with Gasteiger partial charge in [0.1, 0.15) is 11.8 Å². The summed E-state index contributed by atoms with van der Waals surface area (Å²) in [6.45, 7) is 2.77. The molecule has 0 radical (unpaired) electrons. The van der Waals surface area contributed by atoms with Crippen molar-refractivity contribution in [3.8, 4) is 5.75 Å². The van der Waals surface area contributed by atoms with Gasteiger partial charge in [-0.3, -0.25) is 9.59 Å². The Balaban J connectivity index is 2.10. The molecule has 2 aromatic carbocycles. The highest BCUT2D eigenvalue weighted by Gasteiger charge is 2.24. The van der Waals surface area contributed by atoms with E-state index in [9.17, 15) is 9.59 Å². The van der Waals surface area contributed by atoms with Crippen LogP contribution in [-0.4, -0.2) is 37.4 Å². The van der Waals surface area contributed by atoms with Gasteiger partial charge in [-0.15, -0.1) is 0 Å². The quantitative estimate of drug-likeness (QED) is 0.739. The van der Waals surface area contributed by atoms with E-state index in [4.69, 9.17) is 4.74 Å². The van der Waals surface area contributed by atoms with Crippen LogP contribution in [0.2, 0.25) is 0 Å². The molecule has 138 valence electrons. The first kappa shape index (κ1) is 19.5. The minimum atomic E-state index is -0.723. The van der Waals surface area contributed by atoms with E-state index in [1.165, 1.54) is 4.90 Å². The van der Waals surface area contributed by atoms with E-state index in [0.717, 1.165) is 24.2 Å². The zero-order chi connectivity index (χ0) is 18.9. The molecule has 0 spiro atoms. The first-order chi connectivity index (χ1) is 12.5. The van der Waals surface area contributed by atoms with E-state index in [1.807, 2.05) is 30.3 Å². The van der Waals surface area contributed by atoms with Crippen molar-refractivity contribution >= 4 is 11.8 Å². The molecule has 2 rings (SSSR count). The highest BCUT2D eigenvalue weighted by Crippen LogP contribution is 2.17. The van der Waals surface area contributed by atoms with Gasteiger partial charge in [0.15, 0.2) is 0 Å². The molecule has 0 aliphatic carbocycles. The van der Waals surface area contributed by atoms with Crippen molar-refractivity contribution in [1.82, 2.24) is 10.2 Å². The van der Waals surface area contributed by atoms with Crippen LogP contribution in [0.5, 0.6) is 5.75 Å². The van der Waals surface area contributed by atoms with Gasteiger partial charge in [0, 0.05) is 19.7 Å². The maximum absolute atomic E-state index is 12.6. The molecule has 0 aliphatic rings. The summed E-state index contributed by atoms with van der Waals surface area (Å²) in [4.78, 5) is 26.6. The van der Waals surface area contributed by atoms with Crippen LogP contribution in [0.4, 0.5) is 0 Å². The van der Waals surface area contributed by atoms with Gasteiger partial charge in [-0.2, -0.15) is 0 Å². The minimum absolute atomic E-state index is 0.177.